The standard InChI is InChI=1S/C36H58N2O3/c1-9-37-18-20-38(21-19-37)30(41)33(5)15-14-32(4)16-17-35(7)24(25(32)23-33)22-26(39)29-34(6)12-11-28(40)31(2,3)27(34)10-13-36(29,35)8/h22,25,27-29,40H,9-21,23H2,1-8H3/t25-,27-,28-,29+,32+,33+,34-,35+,36+/m0/s1. The number of fused-ring (bicyclic) bond motifs is 7. The number of hydrogen-bond donors (Lipinski definition) is 1. The van der Waals surface area contributed by atoms with Crippen LogP contribution in [-0.2, 0) is 9.59 Å². The van der Waals surface area contributed by atoms with Crippen molar-refractivity contribution in [1.29, 1.82) is 0 Å². The summed E-state index contributed by atoms with van der Waals surface area (Å²) in [5.74, 6) is 1.35. The minimum atomic E-state index is -0.356. The van der Waals surface area contributed by atoms with Gasteiger partial charge in [0.25, 0.3) is 0 Å². The van der Waals surface area contributed by atoms with Gasteiger partial charge in [-0.15, -0.1) is 0 Å². The van der Waals surface area contributed by atoms with E-state index in [1.165, 1.54) is 12.0 Å². The molecule has 41 heavy (non-hydrogen) atoms. The van der Waals surface area contributed by atoms with Gasteiger partial charge in [0.15, 0.2) is 5.78 Å². The third-order valence-corrected chi connectivity index (χ3v) is 15.2. The van der Waals surface area contributed by atoms with Gasteiger partial charge in [-0.05, 0) is 109 Å². The number of aliphatic hydroxyl groups is 1. The summed E-state index contributed by atoms with van der Waals surface area (Å²) in [6.45, 7) is 23.4. The molecule has 6 aliphatic rings. The number of likely N-dealkylation sites (N-methyl/N-ethyl adjacent to an activating group) is 1. The maximum absolute atomic E-state index is 14.5. The molecule has 0 aromatic carbocycles. The maximum atomic E-state index is 14.5. The lowest BCUT2D eigenvalue weighted by Gasteiger charge is -2.70. The fourth-order valence-electron chi connectivity index (χ4n) is 12.0. The highest BCUT2D eigenvalue weighted by atomic mass is 16.3. The second-order valence-electron chi connectivity index (χ2n) is 17.4. The molecule has 4 saturated carbocycles. The molecule has 0 spiro atoms. The van der Waals surface area contributed by atoms with E-state index in [1.54, 1.807) is 0 Å². The van der Waals surface area contributed by atoms with E-state index in [0.29, 0.717) is 17.6 Å². The molecular weight excluding hydrogens is 508 g/mol. The zero-order valence-electron chi connectivity index (χ0n) is 27.4. The highest BCUT2D eigenvalue weighted by molar-refractivity contribution is 5.95. The topological polar surface area (TPSA) is 60.9 Å². The van der Waals surface area contributed by atoms with Crippen molar-refractivity contribution in [2.24, 2.45) is 50.2 Å². The summed E-state index contributed by atoms with van der Waals surface area (Å²) in [4.78, 5) is 33.3. The summed E-state index contributed by atoms with van der Waals surface area (Å²) in [6, 6.07) is 0. The molecule has 0 aromatic heterocycles. The molecule has 1 heterocycles. The smallest absolute Gasteiger partial charge is 0.228 e. The van der Waals surface area contributed by atoms with Crippen molar-refractivity contribution in [2.75, 3.05) is 32.7 Å². The van der Waals surface area contributed by atoms with E-state index < -0.39 is 0 Å². The van der Waals surface area contributed by atoms with Crippen LogP contribution < -0.4 is 0 Å². The Bertz CT molecular complexity index is 1140. The van der Waals surface area contributed by atoms with Crippen LogP contribution in [0.15, 0.2) is 11.6 Å². The lowest BCUT2D eigenvalue weighted by atomic mass is 9.33. The number of allylic oxidation sites excluding steroid dienone is 2. The molecule has 1 aliphatic heterocycles. The van der Waals surface area contributed by atoms with E-state index in [-0.39, 0.29) is 50.4 Å². The van der Waals surface area contributed by atoms with Crippen LogP contribution in [0.5, 0.6) is 0 Å². The van der Waals surface area contributed by atoms with Crippen molar-refractivity contribution < 1.29 is 14.7 Å². The van der Waals surface area contributed by atoms with Crippen LogP contribution >= 0.6 is 0 Å². The summed E-state index contributed by atoms with van der Waals surface area (Å²) >= 11 is 0. The summed E-state index contributed by atoms with van der Waals surface area (Å²) in [5.41, 5.74) is 0.821. The van der Waals surface area contributed by atoms with Gasteiger partial charge in [-0.2, -0.15) is 0 Å². The molecule has 0 bridgehead atoms. The Labute approximate surface area is 249 Å². The van der Waals surface area contributed by atoms with E-state index in [4.69, 9.17) is 0 Å². The predicted octanol–water partition coefficient (Wildman–Crippen LogP) is 6.49. The number of ketones is 1. The van der Waals surface area contributed by atoms with Crippen molar-refractivity contribution in [1.82, 2.24) is 9.80 Å². The highest BCUT2D eigenvalue weighted by Crippen LogP contribution is 2.75. The molecule has 5 fully saturated rings. The Morgan fingerprint density at radius 2 is 1.56 bits per heavy atom. The minimum Gasteiger partial charge on any atom is -0.393 e. The Balaban J connectivity index is 1.35. The average molecular weight is 567 g/mol. The fourth-order valence-corrected chi connectivity index (χ4v) is 12.0. The highest BCUT2D eigenvalue weighted by Gasteiger charge is 2.70. The average Bonchev–Trinajstić information content (AvgIpc) is 2.92. The van der Waals surface area contributed by atoms with Crippen LogP contribution in [0.4, 0.5) is 0 Å². The number of amides is 1. The lowest BCUT2D eigenvalue weighted by molar-refractivity contribution is -0.202. The molecule has 5 heteroatoms. The summed E-state index contributed by atoms with van der Waals surface area (Å²) in [7, 11) is 0. The molecule has 5 aliphatic carbocycles. The van der Waals surface area contributed by atoms with Crippen LogP contribution in [0.25, 0.3) is 0 Å². The molecule has 9 atom stereocenters. The maximum Gasteiger partial charge on any atom is 0.228 e. The zero-order valence-corrected chi connectivity index (χ0v) is 27.4. The van der Waals surface area contributed by atoms with Crippen molar-refractivity contribution >= 4 is 11.7 Å². The van der Waals surface area contributed by atoms with E-state index in [9.17, 15) is 14.7 Å². The number of piperazine rings is 1. The van der Waals surface area contributed by atoms with Gasteiger partial charge in [0.05, 0.1) is 6.10 Å². The Morgan fingerprint density at radius 3 is 2.22 bits per heavy atom. The molecule has 0 aromatic rings. The summed E-state index contributed by atoms with van der Waals surface area (Å²) < 4.78 is 0. The van der Waals surface area contributed by atoms with Gasteiger partial charge in [-0.1, -0.05) is 61.0 Å². The number of carbonyl (C=O) groups excluding carboxylic acids is 2. The Kier molecular flexibility index (Phi) is 6.84. The van der Waals surface area contributed by atoms with Crippen molar-refractivity contribution in [3.05, 3.63) is 11.6 Å². The second-order valence-corrected chi connectivity index (χ2v) is 17.4. The fraction of sp³-hybridized carbons (Fsp3) is 0.889. The molecule has 1 saturated heterocycles. The molecule has 1 N–H and O–H groups in total. The number of carbonyl (C=O) groups is 2. The third kappa shape index (κ3) is 3.99. The van der Waals surface area contributed by atoms with E-state index in [0.717, 1.165) is 84.1 Å². The monoisotopic (exact) mass is 566 g/mol. The van der Waals surface area contributed by atoms with Gasteiger partial charge in [-0.25, -0.2) is 0 Å². The van der Waals surface area contributed by atoms with E-state index in [1.807, 2.05) is 0 Å². The number of nitrogens with zero attached hydrogens (tertiary/aromatic N) is 2. The van der Waals surface area contributed by atoms with Gasteiger partial charge in [0.2, 0.25) is 5.91 Å². The molecule has 6 rings (SSSR count). The predicted molar refractivity (Wildman–Crippen MR) is 164 cm³/mol. The molecule has 0 unspecified atom stereocenters. The van der Waals surface area contributed by atoms with Crippen LogP contribution in [0.1, 0.15) is 113 Å². The van der Waals surface area contributed by atoms with Crippen LogP contribution in [0, 0.1) is 50.2 Å². The number of aliphatic hydroxyl groups excluding tert-OH is 1. The first-order chi connectivity index (χ1) is 19.1. The summed E-state index contributed by atoms with van der Waals surface area (Å²) in [5, 5.41) is 11.0. The normalized spacial score (nSPS) is 49.7. The SMILES string of the molecule is CCN1CCN(C(=O)[C@]2(C)CC[C@]3(C)CC[C@]4(C)C(=CC(=O)[C@@H]5[C@@]6(C)CC[C@H](O)C(C)(C)[C@@H]6CC[C@]54C)[C@@H]3C2)CC1. The molecule has 230 valence electrons. The van der Waals surface area contributed by atoms with Gasteiger partial charge in [-0.3, -0.25) is 9.59 Å². The van der Waals surface area contributed by atoms with E-state index in [2.05, 4.69) is 71.3 Å². The number of hydrogen-bond acceptors (Lipinski definition) is 4. The van der Waals surface area contributed by atoms with Crippen molar-refractivity contribution in [3.8, 4) is 0 Å². The van der Waals surface area contributed by atoms with Gasteiger partial charge >= 0.3 is 0 Å². The molecule has 0 radical (unpaired) electrons. The third-order valence-electron chi connectivity index (χ3n) is 15.2. The Morgan fingerprint density at radius 1 is 0.902 bits per heavy atom. The largest absolute Gasteiger partial charge is 0.393 e. The summed E-state index contributed by atoms with van der Waals surface area (Å²) in [6.07, 6.45) is 11.0. The zero-order chi connectivity index (χ0) is 29.8. The van der Waals surface area contributed by atoms with Crippen LogP contribution in [0.3, 0.4) is 0 Å². The molecular formula is C36H58N2O3. The van der Waals surface area contributed by atoms with Gasteiger partial charge < -0.3 is 14.9 Å². The number of rotatable bonds is 2. The van der Waals surface area contributed by atoms with Gasteiger partial charge in [0.1, 0.15) is 0 Å². The van der Waals surface area contributed by atoms with Crippen molar-refractivity contribution in [2.45, 2.75) is 119 Å². The van der Waals surface area contributed by atoms with Gasteiger partial charge in [0, 0.05) is 37.5 Å². The first kappa shape index (κ1) is 29.9. The van der Waals surface area contributed by atoms with Crippen molar-refractivity contribution in [3.63, 3.8) is 0 Å². The van der Waals surface area contributed by atoms with E-state index >= 15 is 0 Å². The first-order valence-electron chi connectivity index (χ1n) is 17.0. The minimum absolute atomic E-state index is 0.00472. The Hall–Kier alpha value is -1.20. The quantitative estimate of drug-likeness (QED) is 0.415. The second kappa shape index (κ2) is 9.40. The van der Waals surface area contributed by atoms with Crippen LogP contribution in [-0.4, -0.2) is 65.4 Å². The van der Waals surface area contributed by atoms with Crippen LogP contribution in [0.2, 0.25) is 0 Å². The lowest BCUT2D eigenvalue weighted by Crippen LogP contribution is -2.66. The molecule has 1 amide bonds. The first-order valence-corrected chi connectivity index (χ1v) is 17.0. The molecule has 5 nitrogen and oxygen atoms in total.